The molecule has 0 fully saturated rings. The topological polar surface area (TPSA) is 3.24 Å². The van der Waals surface area contributed by atoms with Crippen LogP contribution in [-0.2, 0) is 0 Å². The van der Waals surface area contributed by atoms with Gasteiger partial charge in [0.05, 0.1) is 6.54 Å². The van der Waals surface area contributed by atoms with E-state index < -0.39 is 5.34 Å². The predicted octanol–water partition coefficient (Wildman–Crippen LogP) is 1.24. The van der Waals surface area contributed by atoms with Crippen molar-refractivity contribution < 1.29 is 8.96 Å². The van der Waals surface area contributed by atoms with Gasteiger partial charge in [-0.15, -0.1) is 15.5 Å². The summed E-state index contributed by atoms with van der Waals surface area (Å²) < 4.78 is 21.6. The number of halogens is 2. The molecule has 0 saturated carbocycles. The number of rotatable bonds is 2. The Morgan fingerprint density at radius 1 is 1.67 bits per heavy atom. The molecule has 0 aromatic carbocycles. The van der Waals surface area contributed by atoms with E-state index >= 15 is 0 Å². The van der Waals surface area contributed by atoms with Crippen LogP contribution in [0.5, 0.6) is 0 Å². The Morgan fingerprint density at radius 2 is 2.17 bits per heavy atom. The summed E-state index contributed by atoms with van der Waals surface area (Å²) in [6.07, 6.45) is 1.12. The summed E-state index contributed by atoms with van der Waals surface area (Å²) in [5.74, 6) is 0. The van der Waals surface area contributed by atoms with Crippen molar-refractivity contribution in [3.8, 4) is 0 Å². The Hall–Kier alpha value is -0.440. The average molecular weight is 93.1 g/mol. The first kappa shape index (κ1) is 5.56. The second kappa shape index (κ2) is 2.78. The summed E-state index contributed by atoms with van der Waals surface area (Å²) in [6, 6.07) is 0. The van der Waals surface area contributed by atoms with E-state index in [1.165, 1.54) is 0 Å². The summed E-state index contributed by atoms with van der Waals surface area (Å²) in [6.45, 7) is 2.72. The molecule has 1 nitrogen and oxygen atoms in total. The maximum absolute atomic E-state index is 10.8. The summed E-state index contributed by atoms with van der Waals surface area (Å²) >= 11 is 0. The van der Waals surface area contributed by atoms with Gasteiger partial charge in [-0.2, -0.15) is 0 Å². The molecule has 0 heterocycles. The average Bonchev–Trinajstić information content (AvgIpc) is 1.35. The third-order valence-corrected chi connectivity index (χ3v) is 0.267. The van der Waals surface area contributed by atoms with E-state index in [0.29, 0.717) is 0 Å². The minimum Gasteiger partial charge on any atom is -0.102 e. The van der Waals surface area contributed by atoms with Crippen molar-refractivity contribution in [3.05, 3.63) is 12.7 Å². The van der Waals surface area contributed by atoms with Gasteiger partial charge in [-0.3, -0.25) is 0 Å². The molecule has 0 aliphatic rings. The van der Waals surface area contributed by atoms with E-state index in [1.807, 2.05) is 0 Å². The first-order chi connectivity index (χ1) is 2.77. The highest BCUT2D eigenvalue weighted by Gasteiger charge is 1.87. The van der Waals surface area contributed by atoms with Gasteiger partial charge in [0, 0.05) is 5.34 Å². The highest BCUT2D eigenvalue weighted by atomic mass is 19.4. The van der Waals surface area contributed by atoms with Crippen molar-refractivity contribution in [3.63, 3.8) is 0 Å². The standard InChI is InChI=1S/C3H5F2N/c1-2-3-6(4)5/h2H,1,3H2. The van der Waals surface area contributed by atoms with E-state index in [-0.39, 0.29) is 6.54 Å². The fraction of sp³-hybridized carbons (Fsp3) is 0.333. The van der Waals surface area contributed by atoms with E-state index in [4.69, 9.17) is 0 Å². The van der Waals surface area contributed by atoms with Crippen LogP contribution in [-0.4, -0.2) is 11.9 Å². The van der Waals surface area contributed by atoms with Gasteiger partial charge >= 0.3 is 0 Å². The van der Waals surface area contributed by atoms with E-state index in [1.54, 1.807) is 0 Å². The summed E-state index contributed by atoms with van der Waals surface area (Å²) in [4.78, 5) is 0. The van der Waals surface area contributed by atoms with Gasteiger partial charge in [0.15, 0.2) is 0 Å². The van der Waals surface area contributed by atoms with Crippen molar-refractivity contribution >= 4 is 0 Å². The van der Waals surface area contributed by atoms with Gasteiger partial charge in [0.25, 0.3) is 0 Å². The molecule has 36 valence electrons. The quantitative estimate of drug-likeness (QED) is 0.366. The molecular formula is C3H5F2N. The Labute approximate surface area is 34.7 Å². The lowest BCUT2D eigenvalue weighted by Gasteiger charge is -1.87. The van der Waals surface area contributed by atoms with Crippen molar-refractivity contribution in [2.24, 2.45) is 0 Å². The number of hydrogen-bond donors (Lipinski definition) is 0. The lowest BCUT2D eigenvalue weighted by atomic mass is 10.7. The predicted molar refractivity (Wildman–Crippen MR) is 19.1 cm³/mol. The maximum Gasteiger partial charge on any atom is 0.0798 e. The first-order valence-electron chi connectivity index (χ1n) is 1.47. The van der Waals surface area contributed by atoms with Crippen molar-refractivity contribution in [1.29, 1.82) is 0 Å². The smallest absolute Gasteiger partial charge is 0.0798 e. The molecule has 0 unspecified atom stereocenters. The summed E-state index contributed by atoms with van der Waals surface area (Å²) in [7, 11) is 0. The maximum atomic E-state index is 10.8. The summed E-state index contributed by atoms with van der Waals surface area (Å²) in [5, 5.41) is -0.938. The third kappa shape index (κ3) is 3.56. The van der Waals surface area contributed by atoms with Crippen LogP contribution in [0, 0.1) is 0 Å². The van der Waals surface area contributed by atoms with Crippen LogP contribution in [0.2, 0.25) is 0 Å². The molecule has 0 aromatic heterocycles. The second-order valence-corrected chi connectivity index (χ2v) is 0.774. The van der Waals surface area contributed by atoms with Gasteiger partial charge in [0.2, 0.25) is 0 Å². The Kier molecular flexibility index (Phi) is 2.58. The third-order valence-electron chi connectivity index (χ3n) is 0.267. The zero-order valence-corrected chi connectivity index (χ0v) is 3.19. The molecule has 0 spiro atoms. The second-order valence-electron chi connectivity index (χ2n) is 0.774. The zero-order chi connectivity index (χ0) is 4.99. The molecule has 0 aromatic rings. The zero-order valence-electron chi connectivity index (χ0n) is 3.19. The molecule has 0 saturated heterocycles. The molecule has 0 atom stereocenters. The van der Waals surface area contributed by atoms with Gasteiger partial charge in [-0.05, 0) is 0 Å². The van der Waals surface area contributed by atoms with Crippen molar-refractivity contribution in [2.75, 3.05) is 6.54 Å². The van der Waals surface area contributed by atoms with Crippen LogP contribution in [0.15, 0.2) is 12.7 Å². The molecule has 0 aliphatic carbocycles. The van der Waals surface area contributed by atoms with E-state index in [0.717, 1.165) is 6.08 Å². The van der Waals surface area contributed by atoms with Crippen LogP contribution in [0.25, 0.3) is 0 Å². The largest absolute Gasteiger partial charge is 0.102 e. The molecule has 0 amide bonds. The Morgan fingerprint density at radius 3 is 2.17 bits per heavy atom. The lowest BCUT2D eigenvalue weighted by Crippen LogP contribution is -1.97. The van der Waals surface area contributed by atoms with Crippen LogP contribution in [0.1, 0.15) is 0 Å². The molecule has 6 heavy (non-hydrogen) atoms. The Bertz CT molecular complexity index is 44.1. The van der Waals surface area contributed by atoms with E-state index in [9.17, 15) is 8.96 Å². The first-order valence-corrected chi connectivity index (χ1v) is 1.47. The van der Waals surface area contributed by atoms with Crippen LogP contribution >= 0.6 is 0 Å². The molecule has 0 rings (SSSR count). The Balaban J connectivity index is 2.81. The fourth-order valence-corrected chi connectivity index (χ4v) is 0.0976. The minimum absolute atomic E-state index is 0.361. The molecule has 3 heteroatoms. The lowest BCUT2D eigenvalue weighted by molar-refractivity contribution is -0.142. The van der Waals surface area contributed by atoms with Crippen LogP contribution in [0.3, 0.4) is 0 Å². The van der Waals surface area contributed by atoms with Gasteiger partial charge in [-0.1, -0.05) is 6.08 Å². The number of nitrogens with zero attached hydrogens (tertiary/aromatic N) is 1. The van der Waals surface area contributed by atoms with Gasteiger partial charge in [0.1, 0.15) is 0 Å². The molecule has 0 bridgehead atoms. The van der Waals surface area contributed by atoms with Gasteiger partial charge in [-0.25, -0.2) is 0 Å². The molecule has 0 aliphatic heterocycles. The molecule has 0 N–H and O–H groups in total. The normalized spacial score (nSPS) is 9.17. The van der Waals surface area contributed by atoms with Crippen LogP contribution in [0.4, 0.5) is 8.96 Å². The SMILES string of the molecule is C=CCN(F)F. The van der Waals surface area contributed by atoms with Crippen molar-refractivity contribution in [1.82, 2.24) is 5.34 Å². The highest BCUT2D eigenvalue weighted by Crippen LogP contribution is 1.84. The van der Waals surface area contributed by atoms with Crippen molar-refractivity contribution in [2.45, 2.75) is 0 Å². The minimum atomic E-state index is -0.938. The monoisotopic (exact) mass is 93.0 g/mol. The molecule has 0 radical (unpaired) electrons. The molecular weight excluding hydrogens is 88.0 g/mol. The van der Waals surface area contributed by atoms with Gasteiger partial charge < -0.3 is 0 Å². The number of hydrogen-bond acceptors (Lipinski definition) is 1. The fourth-order valence-electron chi connectivity index (χ4n) is 0.0976. The van der Waals surface area contributed by atoms with E-state index in [2.05, 4.69) is 6.58 Å². The van der Waals surface area contributed by atoms with Crippen LogP contribution < -0.4 is 0 Å². The summed E-state index contributed by atoms with van der Waals surface area (Å²) in [5.41, 5.74) is 0. The highest BCUT2D eigenvalue weighted by molar-refractivity contribution is 4.65.